The number of sulfone groups is 1. The van der Waals surface area contributed by atoms with E-state index in [9.17, 15) is 18.0 Å². The van der Waals surface area contributed by atoms with Gasteiger partial charge in [-0.25, -0.2) is 8.42 Å². The van der Waals surface area contributed by atoms with Crippen LogP contribution in [0.25, 0.3) is 0 Å². The van der Waals surface area contributed by atoms with Gasteiger partial charge < -0.3 is 10.6 Å². The van der Waals surface area contributed by atoms with Gasteiger partial charge in [-0.1, -0.05) is 48.3 Å². The first-order chi connectivity index (χ1) is 15.7. The van der Waals surface area contributed by atoms with Crippen molar-refractivity contribution in [2.45, 2.75) is 24.8 Å². The van der Waals surface area contributed by atoms with Gasteiger partial charge in [0.05, 0.1) is 17.1 Å². The van der Waals surface area contributed by atoms with Crippen LogP contribution in [0, 0.1) is 0 Å². The smallest absolute Gasteiger partial charge is 0.251 e. The second-order valence-corrected chi connectivity index (χ2v) is 10.4. The number of benzene rings is 3. The number of halogens is 2. The largest absolute Gasteiger partial charge is 0.348 e. The van der Waals surface area contributed by atoms with Crippen molar-refractivity contribution in [2.24, 2.45) is 0 Å². The third kappa shape index (κ3) is 6.81. The summed E-state index contributed by atoms with van der Waals surface area (Å²) < 4.78 is 23.7. The number of rotatable bonds is 8. The Labute approximate surface area is 202 Å². The average Bonchev–Trinajstić information content (AvgIpc) is 2.79. The van der Waals surface area contributed by atoms with Crippen molar-refractivity contribution in [1.82, 2.24) is 5.32 Å². The van der Waals surface area contributed by atoms with Crippen LogP contribution in [0.15, 0.2) is 71.6 Å². The van der Waals surface area contributed by atoms with Crippen molar-refractivity contribution in [3.8, 4) is 0 Å². The van der Waals surface area contributed by atoms with E-state index in [1.165, 1.54) is 12.1 Å². The maximum atomic E-state index is 12.4. The summed E-state index contributed by atoms with van der Waals surface area (Å²) in [5, 5.41) is 6.55. The van der Waals surface area contributed by atoms with Crippen LogP contribution in [-0.4, -0.2) is 26.0 Å². The van der Waals surface area contributed by atoms with Crippen molar-refractivity contribution < 1.29 is 18.0 Å². The van der Waals surface area contributed by atoms with Crippen molar-refractivity contribution in [2.75, 3.05) is 11.1 Å². The fourth-order valence-corrected chi connectivity index (χ4v) is 4.38. The minimum atomic E-state index is -3.27. The summed E-state index contributed by atoms with van der Waals surface area (Å²) in [5.74, 6) is -0.507. The standard InChI is InChI=1S/C24H22Cl2N2O4S/c1-2-33(31,32)21-11-3-16(4-12-21)13-23(29)28-20-9-6-17(7-10-20)24(30)27-15-18-5-8-19(25)14-22(18)26/h3-12,14H,2,13,15H2,1H3,(H,27,30)(H,28,29). The Morgan fingerprint density at radius 2 is 1.58 bits per heavy atom. The highest BCUT2D eigenvalue weighted by Crippen LogP contribution is 2.21. The topological polar surface area (TPSA) is 92.3 Å². The van der Waals surface area contributed by atoms with E-state index in [1.54, 1.807) is 61.5 Å². The third-order valence-electron chi connectivity index (χ3n) is 4.91. The molecule has 3 rings (SSSR count). The quantitative estimate of drug-likeness (QED) is 0.456. The Morgan fingerprint density at radius 3 is 2.18 bits per heavy atom. The molecule has 0 aliphatic heterocycles. The van der Waals surface area contributed by atoms with Crippen LogP contribution in [-0.2, 0) is 27.6 Å². The molecule has 0 unspecified atom stereocenters. The molecular weight excluding hydrogens is 483 g/mol. The van der Waals surface area contributed by atoms with Crippen LogP contribution in [0.1, 0.15) is 28.4 Å². The Morgan fingerprint density at radius 1 is 0.909 bits per heavy atom. The SMILES string of the molecule is CCS(=O)(=O)c1ccc(CC(=O)Nc2ccc(C(=O)NCc3ccc(Cl)cc3Cl)cc2)cc1. The normalized spacial score (nSPS) is 11.1. The lowest BCUT2D eigenvalue weighted by Gasteiger charge is -2.09. The first-order valence-electron chi connectivity index (χ1n) is 10.1. The molecule has 172 valence electrons. The van der Waals surface area contributed by atoms with Crippen molar-refractivity contribution >= 4 is 50.5 Å². The molecule has 0 spiro atoms. The van der Waals surface area contributed by atoms with E-state index in [4.69, 9.17) is 23.2 Å². The van der Waals surface area contributed by atoms with Gasteiger partial charge in [0.25, 0.3) is 5.91 Å². The van der Waals surface area contributed by atoms with Gasteiger partial charge in [0.2, 0.25) is 5.91 Å². The molecular formula is C24H22Cl2N2O4S. The number of hydrogen-bond acceptors (Lipinski definition) is 4. The monoisotopic (exact) mass is 504 g/mol. The van der Waals surface area contributed by atoms with Gasteiger partial charge in [-0.15, -0.1) is 0 Å². The molecule has 0 atom stereocenters. The molecule has 2 N–H and O–H groups in total. The van der Waals surface area contributed by atoms with Crippen LogP contribution in [0.3, 0.4) is 0 Å². The maximum absolute atomic E-state index is 12.4. The van der Waals surface area contributed by atoms with Gasteiger partial charge in [0.1, 0.15) is 0 Å². The molecule has 0 saturated carbocycles. The van der Waals surface area contributed by atoms with Gasteiger partial charge in [0.15, 0.2) is 9.84 Å². The summed E-state index contributed by atoms with van der Waals surface area (Å²) in [6.45, 7) is 1.84. The predicted molar refractivity (Wildman–Crippen MR) is 131 cm³/mol. The van der Waals surface area contributed by atoms with E-state index in [-0.39, 0.29) is 35.4 Å². The van der Waals surface area contributed by atoms with Crippen LogP contribution < -0.4 is 10.6 Å². The highest BCUT2D eigenvalue weighted by atomic mass is 35.5. The maximum Gasteiger partial charge on any atom is 0.251 e. The Bertz CT molecular complexity index is 1260. The summed E-state index contributed by atoms with van der Waals surface area (Å²) in [4.78, 5) is 24.9. The van der Waals surface area contributed by atoms with Gasteiger partial charge >= 0.3 is 0 Å². The molecule has 6 nitrogen and oxygen atoms in total. The molecule has 9 heteroatoms. The number of hydrogen-bond donors (Lipinski definition) is 2. The van der Waals surface area contributed by atoms with E-state index in [0.29, 0.717) is 26.9 Å². The lowest BCUT2D eigenvalue weighted by molar-refractivity contribution is -0.115. The minimum absolute atomic E-state index is 0.0235. The van der Waals surface area contributed by atoms with E-state index in [1.807, 2.05) is 0 Å². The number of carbonyl (C=O) groups is 2. The average molecular weight is 505 g/mol. The number of anilines is 1. The summed E-state index contributed by atoms with van der Waals surface area (Å²) in [6, 6.07) is 17.8. The van der Waals surface area contributed by atoms with E-state index in [2.05, 4.69) is 10.6 Å². The zero-order valence-corrected chi connectivity index (χ0v) is 20.1. The molecule has 2 amide bonds. The molecule has 0 aliphatic rings. The minimum Gasteiger partial charge on any atom is -0.348 e. The molecule has 0 fully saturated rings. The lowest BCUT2D eigenvalue weighted by Crippen LogP contribution is -2.23. The first kappa shape index (κ1) is 24.8. The van der Waals surface area contributed by atoms with E-state index in [0.717, 1.165) is 5.56 Å². The number of carbonyl (C=O) groups excluding carboxylic acids is 2. The van der Waals surface area contributed by atoms with E-state index >= 15 is 0 Å². The van der Waals surface area contributed by atoms with E-state index < -0.39 is 9.84 Å². The number of amides is 2. The van der Waals surface area contributed by atoms with Crippen LogP contribution in [0.2, 0.25) is 10.0 Å². The summed E-state index contributed by atoms with van der Waals surface area (Å²) in [6.07, 6.45) is 0.0938. The van der Waals surface area contributed by atoms with Crippen LogP contribution in [0.5, 0.6) is 0 Å². The molecule has 33 heavy (non-hydrogen) atoms. The summed E-state index contributed by atoms with van der Waals surface area (Å²) in [7, 11) is -3.27. The molecule has 3 aromatic carbocycles. The van der Waals surface area contributed by atoms with Gasteiger partial charge in [0, 0.05) is 27.8 Å². The summed E-state index contributed by atoms with van der Waals surface area (Å²) in [5.41, 5.74) is 2.42. The van der Waals surface area contributed by atoms with Gasteiger partial charge in [-0.05, 0) is 59.7 Å². The van der Waals surface area contributed by atoms with Crippen LogP contribution >= 0.6 is 23.2 Å². The highest BCUT2D eigenvalue weighted by molar-refractivity contribution is 7.91. The third-order valence-corrected chi connectivity index (χ3v) is 7.25. The second-order valence-electron chi connectivity index (χ2n) is 7.27. The Balaban J connectivity index is 1.54. The van der Waals surface area contributed by atoms with Crippen LogP contribution in [0.4, 0.5) is 5.69 Å². The van der Waals surface area contributed by atoms with Gasteiger partial charge in [-0.3, -0.25) is 9.59 Å². The number of nitrogens with one attached hydrogen (secondary N) is 2. The lowest BCUT2D eigenvalue weighted by atomic mass is 10.1. The van der Waals surface area contributed by atoms with Crippen molar-refractivity contribution in [1.29, 1.82) is 0 Å². The predicted octanol–water partition coefficient (Wildman–Crippen LogP) is 4.90. The Hall–Kier alpha value is -2.87. The molecule has 0 heterocycles. The summed E-state index contributed by atoms with van der Waals surface area (Å²) >= 11 is 12.0. The zero-order valence-electron chi connectivity index (χ0n) is 17.8. The fraction of sp³-hybridized carbons (Fsp3) is 0.167. The van der Waals surface area contributed by atoms with Crippen molar-refractivity contribution in [3.05, 3.63) is 93.5 Å². The molecule has 0 aliphatic carbocycles. The highest BCUT2D eigenvalue weighted by Gasteiger charge is 2.12. The molecule has 0 saturated heterocycles. The molecule has 0 aromatic heterocycles. The van der Waals surface area contributed by atoms with Gasteiger partial charge in [-0.2, -0.15) is 0 Å². The molecule has 3 aromatic rings. The first-order valence-corrected chi connectivity index (χ1v) is 12.5. The zero-order chi connectivity index (χ0) is 24.0. The Kier molecular flexibility index (Phi) is 8.13. The molecule has 0 bridgehead atoms. The molecule has 0 radical (unpaired) electrons. The fourth-order valence-electron chi connectivity index (χ4n) is 3.02. The second kappa shape index (κ2) is 10.8. The van der Waals surface area contributed by atoms with Crippen molar-refractivity contribution in [3.63, 3.8) is 0 Å².